The van der Waals surface area contributed by atoms with E-state index in [9.17, 15) is 21.9 Å². The Bertz CT molecular complexity index is 922. The van der Waals surface area contributed by atoms with Gasteiger partial charge in [0.25, 0.3) is 20.2 Å². The van der Waals surface area contributed by atoms with Crippen LogP contribution in [0.2, 0.25) is 0 Å². The van der Waals surface area contributed by atoms with E-state index in [-0.39, 0.29) is 29.6 Å². The van der Waals surface area contributed by atoms with E-state index in [4.69, 9.17) is 14.8 Å². The molecule has 0 bridgehead atoms. The molecule has 2 rings (SSSR count). The Hall–Kier alpha value is -1.28. The molecule has 0 aliphatic rings. The molecule has 0 aliphatic carbocycles. The van der Waals surface area contributed by atoms with E-state index in [1.54, 1.807) is 0 Å². The molecule has 2 aromatic carbocycles. The van der Waals surface area contributed by atoms with Crippen LogP contribution in [0.3, 0.4) is 0 Å². The van der Waals surface area contributed by atoms with Crippen LogP contribution in [-0.4, -0.2) is 49.9 Å². The molecule has 110 valence electrons. The van der Waals surface area contributed by atoms with Crippen LogP contribution in [0.5, 0.6) is 5.75 Å². The second-order valence-electron chi connectivity index (χ2n) is 3.94. The van der Waals surface area contributed by atoms with Gasteiger partial charge in [-0.2, -0.15) is 16.8 Å². The Morgan fingerprint density at radius 1 is 0.952 bits per heavy atom. The topological polar surface area (TPSA) is 155 Å². The number of hydrogen-bond acceptors (Lipinski definition) is 6. The van der Waals surface area contributed by atoms with E-state index in [2.05, 4.69) is 0 Å². The van der Waals surface area contributed by atoms with Gasteiger partial charge in [-0.1, -0.05) is 12.1 Å². The standard InChI is InChI=1S/C10H9NO7S2.Li.H/c11-10-8(20(16,17)18)4-7(19(13,14)15)5-2-1-3-6(12)9(5)10;;/h1-4,12H,11H2,(H,13,14,15)(H,16,17,18);;. The van der Waals surface area contributed by atoms with Crippen molar-refractivity contribution in [2.45, 2.75) is 9.79 Å². The number of nitrogen functional groups attached to an aromatic ring is 1. The number of aromatic hydroxyl groups is 1. The van der Waals surface area contributed by atoms with E-state index >= 15 is 0 Å². The summed E-state index contributed by atoms with van der Waals surface area (Å²) in [5.41, 5.74) is 5.02. The van der Waals surface area contributed by atoms with Crippen molar-refractivity contribution in [3.8, 4) is 5.75 Å². The molecule has 0 spiro atoms. The average Bonchev–Trinajstić information content (AvgIpc) is 2.25. The molecule has 11 heteroatoms. The number of benzene rings is 2. The molecule has 0 unspecified atom stereocenters. The van der Waals surface area contributed by atoms with Gasteiger partial charge >= 0.3 is 18.9 Å². The molecular weight excluding hydrogens is 317 g/mol. The van der Waals surface area contributed by atoms with Crippen LogP contribution in [0.15, 0.2) is 34.1 Å². The summed E-state index contributed by atoms with van der Waals surface area (Å²) in [5, 5.41) is 9.23. The molecule has 0 fully saturated rings. The van der Waals surface area contributed by atoms with Crippen molar-refractivity contribution in [1.82, 2.24) is 0 Å². The van der Waals surface area contributed by atoms with Gasteiger partial charge in [0.15, 0.2) is 0 Å². The third-order valence-electron chi connectivity index (χ3n) is 2.66. The van der Waals surface area contributed by atoms with Crippen molar-refractivity contribution in [3.63, 3.8) is 0 Å². The third-order valence-corrected chi connectivity index (χ3v) is 4.45. The monoisotopic (exact) mass is 327 g/mol. The first-order valence-corrected chi connectivity index (χ1v) is 7.90. The molecule has 0 aliphatic heterocycles. The van der Waals surface area contributed by atoms with Crippen molar-refractivity contribution >= 4 is 55.6 Å². The summed E-state index contributed by atoms with van der Waals surface area (Å²) in [5.74, 6) is -0.490. The van der Waals surface area contributed by atoms with Crippen molar-refractivity contribution in [2.75, 3.05) is 5.73 Å². The fourth-order valence-corrected chi connectivity index (χ4v) is 3.29. The van der Waals surface area contributed by atoms with Crippen LogP contribution in [0, 0.1) is 0 Å². The first kappa shape index (κ1) is 17.8. The quantitative estimate of drug-likeness (QED) is 0.340. The zero-order valence-corrected chi connectivity index (χ0v) is 11.3. The number of rotatable bonds is 2. The fourth-order valence-electron chi connectivity index (χ4n) is 1.85. The molecule has 0 radical (unpaired) electrons. The molecule has 2 aromatic rings. The summed E-state index contributed by atoms with van der Waals surface area (Å²) in [4.78, 5) is -1.70. The summed E-state index contributed by atoms with van der Waals surface area (Å²) in [6, 6.07) is 4.20. The van der Waals surface area contributed by atoms with Crippen LogP contribution >= 0.6 is 0 Å². The van der Waals surface area contributed by atoms with Crippen LogP contribution in [0.25, 0.3) is 10.8 Å². The molecule has 8 nitrogen and oxygen atoms in total. The molecule has 21 heavy (non-hydrogen) atoms. The number of fused-ring (bicyclic) bond motifs is 1. The van der Waals surface area contributed by atoms with Gasteiger partial charge in [-0.3, -0.25) is 9.11 Å². The van der Waals surface area contributed by atoms with Gasteiger partial charge in [0.2, 0.25) is 0 Å². The first-order valence-electron chi connectivity index (χ1n) is 5.02. The number of hydrogen-bond donors (Lipinski definition) is 4. The normalized spacial score (nSPS) is 12.1. The first-order chi connectivity index (χ1) is 9.03. The van der Waals surface area contributed by atoms with Gasteiger partial charge in [-0.05, 0) is 12.1 Å². The minimum atomic E-state index is -4.84. The number of nitrogens with two attached hydrogens (primary N) is 1. The zero-order chi connectivity index (χ0) is 15.3. The van der Waals surface area contributed by atoms with Gasteiger partial charge < -0.3 is 10.8 Å². The molecule has 0 saturated carbocycles. The molecule has 0 saturated heterocycles. The van der Waals surface area contributed by atoms with Crippen LogP contribution < -0.4 is 5.73 Å². The number of phenols is 1. The fraction of sp³-hybridized carbons (Fsp3) is 0. The summed E-state index contributed by atoms with van der Waals surface area (Å²) in [7, 11) is -9.62. The second kappa shape index (κ2) is 5.49. The molecule has 0 aromatic heterocycles. The number of anilines is 1. The van der Waals surface area contributed by atoms with E-state index in [0.717, 1.165) is 6.07 Å². The predicted octanol–water partition coefficient (Wildman–Crippen LogP) is -0.0275. The Kier molecular flexibility index (Phi) is 4.64. The minimum absolute atomic E-state index is 0. The molecular formula is C10H10LiNO7S2. The predicted molar refractivity (Wildman–Crippen MR) is 76.8 cm³/mol. The van der Waals surface area contributed by atoms with E-state index in [1.807, 2.05) is 0 Å². The Morgan fingerprint density at radius 2 is 1.48 bits per heavy atom. The Morgan fingerprint density at radius 3 is 1.95 bits per heavy atom. The van der Waals surface area contributed by atoms with E-state index < -0.39 is 41.5 Å². The van der Waals surface area contributed by atoms with Gasteiger partial charge in [0.1, 0.15) is 15.5 Å². The van der Waals surface area contributed by atoms with Crippen molar-refractivity contribution in [3.05, 3.63) is 24.3 Å². The molecule has 0 heterocycles. The van der Waals surface area contributed by atoms with Crippen LogP contribution in [0.1, 0.15) is 0 Å². The van der Waals surface area contributed by atoms with Gasteiger partial charge in [0, 0.05) is 10.8 Å². The number of phenolic OH excluding ortho intramolecular Hbond substituents is 1. The maximum atomic E-state index is 11.3. The molecule has 0 amide bonds. The molecule has 0 atom stereocenters. The van der Waals surface area contributed by atoms with Crippen molar-refractivity contribution in [2.24, 2.45) is 0 Å². The zero-order valence-electron chi connectivity index (χ0n) is 9.68. The van der Waals surface area contributed by atoms with Crippen molar-refractivity contribution < 1.29 is 31.0 Å². The van der Waals surface area contributed by atoms with Gasteiger partial charge in [0.05, 0.1) is 5.69 Å². The molecule has 5 N–H and O–H groups in total. The summed E-state index contributed by atoms with van der Waals surface area (Å²) >= 11 is 0. The van der Waals surface area contributed by atoms with Crippen LogP contribution in [-0.2, 0) is 20.2 Å². The second-order valence-corrected chi connectivity index (χ2v) is 6.72. The van der Waals surface area contributed by atoms with Gasteiger partial charge in [-0.15, -0.1) is 0 Å². The Labute approximate surface area is 132 Å². The Balaban J connectivity index is 0.00000220. The third kappa shape index (κ3) is 3.16. The van der Waals surface area contributed by atoms with E-state index in [1.165, 1.54) is 12.1 Å². The average molecular weight is 327 g/mol. The summed E-state index contributed by atoms with van der Waals surface area (Å²) in [6.45, 7) is 0. The van der Waals surface area contributed by atoms with Crippen LogP contribution in [0.4, 0.5) is 5.69 Å². The summed E-state index contributed by atoms with van der Waals surface area (Å²) < 4.78 is 63.2. The summed E-state index contributed by atoms with van der Waals surface area (Å²) in [6.07, 6.45) is 0. The SMILES string of the molecule is Nc1c(S(=O)(=O)O)cc(S(=O)(=O)O)c2cccc(O)c12.[LiH]. The maximum absolute atomic E-state index is 11.3. The van der Waals surface area contributed by atoms with Gasteiger partial charge in [-0.25, -0.2) is 0 Å². The van der Waals surface area contributed by atoms with E-state index in [0.29, 0.717) is 6.07 Å². The van der Waals surface area contributed by atoms with Crippen molar-refractivity contribution in [1.29, 1.82) is 0 Å².